The molecule has 0 saturated heterocycles. The lowest BCUT2D eigenvalue weighted by atomic mass is 10.1. The zero-order valence-electron chi connectivity index (χ0n) is 12.5. The number of hydrogen-bond donors (Lipinski definition) is 2. The van der Waals surface area contributed by atoms with Crippen molar-refractivity contribution in [3.8, 4) is 0 Å². The molecular weight excluding hydrogens is 318 g/mol. The van der Waals surface area contributed by atoms with Crippen molar-refractivity contribution in [2.45, 2.75) is 27.3 Å². The number of hydrogen-bond acceptors (Lipinski definition) is 2. The highest BCUT2D eigenvalue weighted by Gasteiger charge is 2.00. The average Bonchev–Trinajstić information content (AvgIpc) is 2.42. The van der Waals surface area contributed by atoms with Crippen LogP contribution in [-0.2, 0) is 11.3 Å². The Kier molecular flexibility index (Phi) is 8.30. The van der Waals surface area contributed by atoms with Gasteiger partial charge in [-0.2, -0.15) is 0 Å². The molecule has 0 aliphatic carbocycles. The normalized spacial score (nSPS) is 11.5. The van der Waals surface area contributed by atoms with Crippen LogP contribution in [0.2, 0.25) is 0 Å². The number of nitrogens with one attached hydrogen (secondary N) is 2. The van der Waals surface area contributed by atoms with Crippen LogP contribution in [0.25, 0.3) is 0 Å². The van der Waals surface area contributed by atoms with E-state index in [0.29, 0.717) is 13.2 Å². The van der Waals surface area contributed by atoms with E-state index in [4.69, 9.17) is 4.74 Å². The Morgan fingerprint density at radius 1 is 1.30 bits per heavy atom. The van der Waals surface area contributed by atoms with Gasteiger partial charge in [-0.05, 0) is 44.0 Å². The number of aliphatic imine (C=N–C) groups is 1. The molecule has 0 aliphatic rings. The van der Waals surface area contributed by atoms with Crippen LogP contribution in [0.3, 0.4) is 0 Å². The molecule has 0 saturated carbocycles. The molecule has 0 fully saturated rings. The molecular formula is C15H24BrN3O. The van der Waals surface area contributed by atoms with Crippen molar-refractivity contribution in [1.82, 2.24) is 10.6 Å². The summed E-state index contributed by atoms with van der Waals surface area (Å²) in [6.07, 6.45) is 0. The summed E-state index contributed by atoms with van der Waals surface area (Å²) in [7, 11) is 0. The fraction of sp³-hybridized carbons (Fsp3) is 0.533. The van der Waals surface area contributed by atoms with Crippen LogP contribution in [0, 0.1) is 6.92 Å². The third-order valence-electron chi connectivity index (χ3n) is 2.80. The van der Waals surface area contributed by atoms with Gasteiger partial charge in [0.05, 0.1) is 13.2 Å². The SMILES string of the molecule is CCNC(=NCc1ccc(Br)cc1C)NCCOCC. The Balaban J connectivity index is 2.56. The minimum atomic E-state index is 0.670. The summed E-state index contributed by atoms with van der Waals surface area (Å²) >= 11 is 3.48. The van der Waals surface area contributed by atoms with Crippen LogP contribution < -0.4 is 10.6 Å². The van der Waals surface area contributed by atoms with E-state index in [1.54, 1.807) is 0 Å². The smallest absolute Gasteiger partial charge is 0.191 e. The lowest BCUT2D eigenvalue weighted by molar-refractivity contribution is 0.152. The van der Waals surface area contributed by atoms with Crippen molar-refractivity contribution in [3.05, 3.63) is 33.8 Å². The minimum absolute atomic E-state index is 0.670. The largest absolute Gasteiger partial charge is 0.380 e. The minimum Gasteiger partial charge on any atom is -0.380 e. The van der Waals surface area contributed by atoms with E-state index in [0.717, 1.165) is 30.1 Å². The van der Waals surface area contributed by atoms with Crippen LogP contribution in [0.1, 0.15) is 25.0 Å². The Morgan fingerprint density at radius 2 is 2.10 bits per heavy atom. The summed E-state index contributed by atoms with van der Waals surface area (Å²) in [5.41, 5.74) is 2.48. The van der Waals surface area contributed by atoms with Crippen molar-refractivity contribution >= 4 is 21.9 Å². The van der Waals surface area contributed by atoms with Gasteiger partial charge < -0.3 is 15.4 Å². The Hall–Kier alpha value is -1.07. The number of aryl methyl sites for hydroxylation is 1. The highest BCUT2D eigenvalue weighted by molar-refractivity contribution is 9.10. The molecule has 0 aliphatic heterocycles. The molecule has 0 spiro atoms. The van der Waals surface area contributed by atoms with E-state index in [1.165, 1.54) is 11.1 Å². The van der Waals surface area contributed by atoms with E-state index >= 15 is 0 Å². The first-order valence-electron chi connectivity index (χ1n) is 7.02. The van der Waals surface area contributed by atoms with Gasteiger partial charge >= 0.3 is 0 Å². The van der Waals surface area contributed by atoms with Gasteiger partial charge in [0, 0.05) is 24.2 Å². The molecule has 0 bridgehead atoms. The number of benzene rings is 1. The van der Waals surface area contributed by atoms with Gasteiger partial charge in [-0.3, -0.25) is 0 Å². The monoisotopic (exact) mass is 341 g/mol. The quantitative estimate of drug-likeness (QED) is 0.455. The second kappa shape index (κ2) is 9.77. The summed E-state index contributed by atoms with van der Waals surface area (Å²) in [6, 6.07) is 6.26. The van der Waals surface area contributed by atoms with Gasteiger partial charge in [0.15, 0.2) is 5.96 Å². The third-order valence-corrected chi connectivity index (χ3v) is 3.29. The molecule has 0 aromatic heterocycles. The van der Waals surface area contributed by atoms with Crippen molar-refractivity contribution < 1.29 is 4.74 Å². The van der Waals surface area contributed by atoms with Crippen LogP contribution in [-0.4, -0.2) is 32.3 Å². The zero-order chi connectivity index (χ0) is 14.8. The second-order valence-electron chi connectivity index (χ2n) is 4.39. The number of guanidine groups is 1. The first-order valence-corrected chi connectivity index (χ1v) is 7.81. The molecule has 0 amide bonds. The predicted molar refractivity (Wildman–Crippen MR) is 88.2 cm³/mol. The molecule has 1 aromatic carbocycles. The Labute approximate surface area is 130 Å². The van der Waals surface area contributed by atoms with Gasteiger partial charge in [-0.25, -0.2) is 4.99 Å². The molecule has 20 heavy (non-hydrogen) atoms. The standard InChI is InChI=1S/C15H24BrN3O/c1-4-17-15(18-8-9-20-5-2)19-11-13-6-7-14(16)10-12(13)3/h6-7,10H,4-5,8-9,11H2,1-3H3,(H2,17,18,19). The number of ether oxygens (including phenoxy) is 1. The lowest BCUT2D eigenvalue weighted by Crippen LogP contribution is -2.39. The molecule has 112 valence electrons. The molecule has 1 aromatic rings. The molecule has 5 heteroatoms. The summed E-state index contributed by atoms with van der Waals surface area (Å²) in [5, 5.41) is 6.50. The van der Waals surface area contributed by atoms with Crippen LogP contribution in [0.5, 0.6) is 0 Å². The fourth-order valence-electron chi connectivity index (χ4n) is 1.73. The Bertz CT molecular complexity index is 435. The molecule has 1 rings (SSSR count). The molecule has 0 atom stereocenters. The van der Waals surface area contributed by atoms with Crippen molar-refractivity contribution in [1.29, 1.82) is 0 Å². The van der Waals surface area contributed by atoms with Crippen LogP contribution >= 0.6 is 15.9 Å². The van der Waals surface area contributed by atoms with Crippen molar-refractivity contribution in [2.75, 3.05) is 26.3 Å². The summed E-state index contributed by atoms with van der Waals surface area (Å²) in [6.45, 7) is 9.87. The highest BCUT2D eigenvalue weighted by atomic mass is 79.9. The molecule has 0 radical (unpaired) electrons. The lowest BCUT2D eigenvalue weighted by Gasteiger charge is -2.11. The molecule has 4 nitrogen and oxygen atoms in total. The third kappa shape index (κ3) is 6.39. The van der Waals surface area contributed by atoms with Crippen molar-refractivity contribution in [2.24, 2.45) is 4.99 Å². The van der Waals surface area contributed by atoms with E-state index in [1.807, 2.05) is 13.0 Å². The van der Waals surface area contributed by atoms with E-state index < -0.39 is 0 Å². The molecule has 0 heterocycles. The predicted octanol–water partition coefficient (Wildman–Crippen LogP) is 2.85. The summed E-state index contributed by atoms with van der Waals surface area (Å²) in [4.78, 5) is 4.60. The average molecular weight is 342 g/mol. The van der Waals surface area contributed by atoms with E-state index in [-0.39, 0.29) is 0 Å². The van der Waals surface area contributed by atoms with E-state index in [2.05, 4.69) is 57.5 Å². The number of rotatable bonds is 7. The first-order chi connectivity index (χ1) is 9.67. The van der Waals surface area contributed by atoms with Gasteiger partial charge in [-0.1, -0.05) is 22.0 Å². The first kappa shape index (κ1) is 17.0. The van der Waals surface area contributed by atoms with Gasteiger partial charge in [0.25, 0.3) is 0 Å². The van der Waals surface area contributed by atoms with Crippen LogP contribution in [0.15, 0.2) is 27.7 Å². The van der Waals surface area contributed by atoms with Crippen LogP contribution in [0.4, 0.5) is 0 Å². The zero-order valence-corrected chi connectivity index (χ0v) is 14.1. The van der Waals surface area contributed by atoms with E-state index in [9.17, 15) is 0 Å². The van der Waals surface area contributed by atoms with Gasteiger partial charge in [0.2, 0.25) is 0 Å². The highest BCUT2D eigenvalue weighted by Crippen LogP contribution is 2.16. The maximum atomic E-state index is 5.31. The summed E-state index contributed by atoms with van der Waals surface area (Å²) < 4.78 is 6.41. The maximum absolute atomic E-state index is 5.31. The maximum Gasteiger partial charge on any atom is 0.191 e. The van der Waals surface area contributed by atoms with Crippen molar-refractivity contribution in [3.63, 3.8) is 0 Å². The molecule has 2 N–H and O–H groups in total. The number of halogens is 1. The van der Waals surface area contributed by atoms with Gasteiger partial charge in [0.1, 0.15) is 0 Å². The number of nitrogens with zero attached hydrogens (tertiary/aromatic N) is 1. The summed E-state index contributed by atoms with van der Waals surface area (Å²) in [5.74, 6) is 0.828. The second-order valence-corrected chi connectivity index (χ2v) is 5.31. The van der Waals surface area contributed by atoms with Gasteiger partial charge in [-0.15, -0.1) is 0 Å². The molecule has 0 unspecified atom stereocenters. The fourth-order valence-corrected chi connectivity index (χ4v) is 2.20. The Morgan fingerprint density at radius 3 is 2.75 bits per heavy atom. The topological polar surface area (TPSA) is 45.7 Å².